The molecule has 1 fully saturated rings. The van der Waals surface area contributed by atoms with Gasteiger partial charge in [-0.3, -0.25) is 0 Å². The van der Waals surface area contributed by atoms with E-state index in [2.05, 4.69) is 32.4 Å². The summed E-state index contributed by atoms with van der Waals surface area (Å²) in [5, 5.41) is 21.7. The molecule has 0 amide bonds. The van der Waals surface area contributed by atoms with Crippen LogP contribution in [-0.4, -0.2) is 107 Å². The SMILES string of the molecule is CCCCOCC1O[C@H](OC[C@H](NS(=O)(=O)c2ccccc2C)[C@H](O)[C@H](O)CC)C(OCCCC)C(OCCCC)[C@H]1OCCCC. The van der Waals surface area contributed by atoms with Crippen LogP contribution in [0.25, 0.3) is 0 Å². The van der Waals surface area contributed by atoms with Gasteiger partial charge in [0.25, 0.3) is 0 Å². The van der Waals surface area contributed by atoms with E-state index >= 15 is 0 Å². The lowest BCUT2D eigenvalue weighted by Gasteiger charge is -2.46. The van der Waals surface area contributed by atoms with Gasteiger partial charge >= 0.3 is 0 Å². The Hall–Kier alpha value is -1.19. The van der Waals surface area contributed by atoms with E-state index in [1.165, 1.54) is 6.07 Å². The summed E-state index contributed by atoms with van der Waals surface area (Å²) in [4.78, 5) is 0.0821. The van der Waals surface area contributed by atoms with Crippen LogP contribution in [0.4, 0.5) is 0 Å². The third-order valence-corrected chi connectivity index (χ3v) is 9.94. The molecule has 1 aromatic rings. The molecule has 3 N–H and O–H groups in total. The van der Waals surface area contributed by atoms with Gasteiger partial charge in [-0.2, -0.15) is 0 Å². The monoisotopic (exact) mass is 689 g/mol. The molecule has 1 aliphatic rings. The Labute approximate surface area is 284 Å². The highest BCUT2D eigenvalue weighted by atomic mass is 32.2. The van der Waals surface area contributed by atoms with Gasteiger partial charge in [0.2, 0.25) is 10.0 Å². The van der Waals surface area contributed by atoms with Crippen molar-refractivity contribution in [3.63, 3.8) is 0 Å². The van der Waals surface area contributed by atoms with Crippen LogP contribution in [0.2, 0.25) is 0 Å². The lowest BCUT2D eigenvalue weighted by atomic mass is 9.97. The molecule has 8 atom stereocenters. The molecule has 47 heavy (non-hydrogen) atoms. The molecule has 0 aliphatic carbocycles. The van der Waals surface area contributed by atoms with Crippen LogP contribution < -0.4 is 4.72 Å². The van der Waals surface area contributed by atoms with E-state index in [9.17, 15) is 18.6 Å². The summed E-state index contributed by atoms with van der Waals surface area (Å²) in [6.45, 7) is 13.8. The zero-order chi connectivity index (χ0) is 34.7. The van der Waals surface area contributed by atoms with Gasteiger partial charge in [0.1, 0.15) is 24.4 Å². The van der Waals surface area contributed by atoms with Crippen molar-refractivity contribution in [2.75, 3.05) is 39.6 Å². The third kappa shape index (κ3) is 13.9. The average molecular weight is 690 g/mol. The second-order valence-electron chi connectivity index (χ2n) is 12.3. The average Bonchev–Trinajstić information content (AvgIpc) is 3.06. The second-order valence-corrected chi connectivity index (χ2v) is 14.0. The number of nitrogens with one attached hydrogen (secondary N) is 1. The molecule has 0 radical (unpaired) electrons. The molecule has 0 bridgehead atoms. The summed E-state index contributed by atoms with van der Waals surface area (Å²) in [5.41, 5.74) is 0.553. The fraction of sp³-hybridized carbons (Fsp3) is 0.829. The highest BCUT2D eigenvalue weighted by molar-refractivity contribution is 7.89. The Morgan fingerprint density at radius 2 is 1.34 bits per heavy atom. The smallest absolute Gasteiger partial charge is 0.241 e. The predicted molar refractivity (Wildman–Crippen MR) is 182 cm³/mol. The Morgan fingerprint density at radius 3 is 1.91 bits per heavy atom. The number of aliphatic hydroxyl groups excluding tert-OH is 2. The maximum atomic E-state index is 13.5. The molecular formula is C35H63NO10S. The molecule has 1 heterocycles. The molecule has 1 aliphatic heterocycles. The van der Waals surface area contributed by atoms with Crippen molar-refractivity contribution in [1.82, 2.24) is 4.72 Å². The lowest BCUT2D eigenvalue weighted by Crippen LogP contribution is -2.63. The van der Waals surface area contributed by atoms with Gasteiger partial charge in [0.05, 0.1) is 36.4 Å². The van der Waals surface area contributed by atoms with E-state index in [0.717, 1.165) is 51.4 Å². The van der Waals surface area contributed by atoms with E-state index in [1.54, 1.807) is 32.0 Å². The van der Waals surface area contributed by atoms with Crippen LogP contribution in [0.3, 0.4) is 0 Å². The van der Waals surface area contributed by atoms with E-state index in [-0.39, 0.29) is 24.5 Å². The zero-order valence-electron chi connectivity index (χ0n) is 29.6. The van der Waals surface area contributed by atoms with Crippen molar-refractivity contribution in [3.05, 3.63) is 29.8 Å². The van der Waals surface area contributed by atoms with Gasteiger partial charge in [-0.25, -0.2) is 13.1 Å². The van der Waals surface area contributed by atoms with Gasteiger partial charge < -0.3 is 38.6 Å². The van der Waals surface area contributed by atoms with Crippen LogP contribution in [0, 0.1) is 6.92 Å². The Kier molecular flexibility index (Phi) is 20.8. The summed E-state index contributed by atoms with van der Waals surface area (Å²) in [7, 11) is -4.07. The third-order valence-electron chi connectivity index (χ3n) is 8.29. The maximum absolute atomic E-state index is 13.5. The van der Waals surface area contributed by atoms with Crippen LogP contribution in [0.1, 0.15) is 98.0 Å². The van der Waals surface area contributed by atoms with Crippen molar-refractivity contribution in [1.29, 1.82) is 0 Å². The first kappa shape index (κ1) is 42.0. The van der Waals surface area contributed by atoms with Crippen molar-refractivity contribution >= 4 is 10.0 Å². The first-order valence-electron chi connectivity index (χ1n) is 17.8. The minimum atomic E-state index is -4.07. The lowest BCUT2D eigenvalue weighted by molar-refractivity contribution is -0.325. The summed E-state index contributed by atoms with van der Waals surface area (Å²) < 4.78 is 67.8. The number of rotatable bonds is 26. The first-order chi connectivity index (χ1) is 22.6. The molecule has 1 aromatic carbocycles. The Bertz CT molecular complexity index is 1060. The first-order valence-corrected chi connectivity index (χ1v) is 19.3. The van der Waals surface area contributed by atoms with E-state index < -0.39 is 59.0 Å². The fourth-order valence-electron chi connectivity index (χ4n) is 5.28. The topological polar surface area (TPSA) is 142 Å². The van der Waals surface area contributed by atoms with Gasteiger partial charge in [-0.05, 0) is 50.7 Å². The van der Waals surface area contributed by atoms with Crippen molar-refractivity contribution in [2.24, 2.45) is 0 Å². The van der Waals surface area contributed by atoms with Gasteiger partial charge in [-0.15, -0.1) is 0 Å². The minimum Gasteiger partial charge on any atom is -0.390 e. The standard InChI is InChI=1S/C35H63NO10S/c1-7-12-20-41-25-29-32(42-21-13-8-2)33(43-22-14-9-3)34(44-23-15-10-4)35(46-29)45-24-27(31(38)28(37)11-5)36-47(39,40)30-19-17-16-18-26(30)6/h16-19,27-29,31-38H,7-15,20-25H2,1-6H3/t27-,28+,29?,31-,32-,33?,34?,35-/m0/s1. The van der Waals surface area contributed by atoms with Crippen LogP contribution in [-0.2, 0) is 38.4 Å². The molecule has 0 saturated carbocycles. The number of unbranched alkanes of at least 4 members (excludes halogenated alkanes) is 4. The van der Waals surface area contributed by atoms with E-state index in [4.69, 9.17) is 28.4 Å². The highest BCUT2D eigenvalue weighted by Gasteiger charge is 2.49. The van der Waals surface area contributed by atoms with Gasteiger partial charge in [0, 0.05) is 26.4 Å². The van der Waals surface area contributed by atoms with Crippen molar-refractivity contribution in [2.45, 2.75) is 153 Å². The predicted octanol–water partition coefficient (Wildman–Crippen LogP) is 4.89. The molecule has 12 heteroatoms. The summed E-state index contributed by atoms with van der Waals surface area (Å²) in [6, 6.07) is 5.40. The molecule has 11 nitrogen and oxygen atoms in total. The Balaban J connectivity index is 2.44. The molecule has 1 saturated heterocycles. The number of ether oxygens (including phenoxy) is 6. The van der Waals surface area contributed by atoms with Crippen LogP contribution in [0.5, 0.6) is 0 Å². The largest absolute Gasteiger partial charge is 0.390 e. The zero-order valence-corrected chi connectivity index (χ0v) is 30.4. The van der Waals surface area contributed by atoms with Crippen LogP contribution in [0.15, 0.2) is 29.2 Å². The summed E-state index contributed by atoms with van der Waals surface area (Å²) in [5.74, 6) is 0. The number of aryl methyl sites for hydroxylation is 1. The van der Waals surface area contributed by atoms with Crippen molar-refractivity contribution in [3.8, 4) is 0 Å². The van der Waals surface area contributed by atoms with E-state index in [1.807, 2.05) is 0 Å². The molecule has 2 rings (SSSR count). The summed E-state index contributed by atoms with van der Waals surface area (Å²) in [6.07, 6.45) is 1.65. The molecule has 274 valence electrons. The summed E-state index contributed by atoms with van der Waals surface area (Å²) >= 11 is 0. The maximum Gasteiger partial charge on any atom is 0.241 e. The number of hydrogen-bond donors (Lipinski definition) is 3. The van der Waals surface area contributed by atoms with Crippen molar-refractivity contribution < 1.29 is 47.1 Å². The Morgan fingerprint density at radius 1 is 0.787 bits per heavy atom. The quantitative estimate of drug-likeness (QED) is 0.115. The van der Waals surface area contributed by atoms with Crippen LogP contribution >= 0.6 is 0 Å². The molecule has 3 unspecified atom stereocenters. The molecule has 0 spiro atoms. The van der Waals surface area contributed by atoms with Gasteiger partial charge in [-0.1, -0.05) is 78.5 Å². The second kappa shape index (κ2) is 23.3. The van der Waals surface area contributed by atoms with Gasteiger partial charge in [0.15, 0.2) is 6.29 Å². The normalized spacial score (nSPS) is 23.9. The number of hydrogen-bond acceptors (Lipinski definition) is 10. The fourth-order valence-corrected chi connectivity index (χ4v) is 6.76. The number of aliphatic hydroxyl groups is 2. The highest BCUT2D eigenvalue weighted by Crippen LogP contribution is 2.31. The minimum absolute atomic E-state index is 0.0821. The number of benzene rings is 1. The molecule has 0 aromatic heterocycles. The molecular weight excluding hydrogens is 626 g/mol. The van der Waals surface area contributed by atoms with E-state index in [0.29, 0.717) is 32.0 Å². The number of sulfonamides is 1.